The molecule has 0 amide bonds. The zero-order chi connectivity index (χ0) is 18.8. The predicted octanol–water partition coefficient (Wildman–Crippen LogP) is 3.66. The molecule has 1 aromatic carbocycles. The number of anilines is 1. The Hall–Kier alpha value is -3.74. The minimum Gasteiger partial charge on any atom is -0.478 e. The number of aromatic carboxylic acids is 1. The average molecular weight is 359 g/mol. The summed E-state index contributed by atoms with van der Waals surface area (Å²) < 4.78 is 1.68. The molecular weight excluding hydrogens is 342 g/mol. The molecule has 0 aliphatic carbocycles. The molecule has 4 aromatic rings. The highest BCUT2D eigenvalue weighted by molar-refractivity contribution is 5.87. The Balaban J connectivity index is 1.67. The Labute approximate surface area is 155 Å². The van der Waals surface area contributed by atoms with Crippen molar-refractivity contribution in [1.29, 1.82) is 0 Å². The largest absolute Gasteiger partial charge is 0.478 e. The number of carboxylic acids is 1. The standard InChI is InChI=1S/C20H17N5O2/c1-13(14-5-3-2-4-6-14)23-17-9-10-21-19(24-17)16-11-22-18-8-7-15(20(26)27)12-25(16)18/h2-13H,1H3,(H,26,27)(H,21,23,24). The van der Waals surface area contributed by atoms with E-state index in [1.807, 2.05) is 18.2 Å². The highest BCUT2D eigenvalue weighted by atomic mass is 16.4. The fraction of sp³-hybridized carbons (Fsp3) is 0.100. The van der Waals surface area contributed by atoms with E-state index in [9.17, 15) is 9.90 Å². The summed E-state index contributed by atoms with van der Waals surface area (Å²) in [6, 6.07) is 15.1. The van der Waals surface area contributed by atoms with Crippen molar-refractivity contribution >= 4 is 17.4 Å². The molecule has 0 aliphatic rings. The van der Waals surface area contributed by atoms with E-state index in [1.165, 1.54) is 12.3 Å². The smallest absolute Gasteiger partial charge is 0.337 e. The van der Waals surface area contributed by atoms with Gasteiger partial charge < -0.3 is 10.4 Å². The van der Waals surface area contributed by atoms with Gasteiger partial charge in [0.1, 0.15) is 17.2 Å². The lowest BCUT2D eigenvalue weighted by Crippen LogP contribution is -2.08. The summed E-state index contributed by atoms with van der Waals surface area (Å²) in [4.78, 5) is 24.5. The van der Waals surface area contributed by atoms with Gasteiger partial charge in [0.25, 0.3) is 0 Å². The molecule has 0 aliphatic heterocycles. The monoisotopic (exact) mass is 359 g/mol. The topological polar surface area (TPSA) is 92.4 Å². The number of aromatic nitrogens is 4. The Morgan fingerprint density at radius 2 is 1.93 bits per heavy atom. The van der Waals surface area contributed by atoms with Crippen LogP contribution < -0.4 is 5.32 Å². The van der Waals surface area contributed by atoms with E-state index in [2.05, 4.69) is 39.3 Å². The van der Waals surface area contributed by atoms with Crippen LogP contribution in [0, 0.1) is 0 Å². The number of carbonyl (C=O) groups is 1. The van der Waals surface area contributed by atoms with Crippen LogP contribution in [0.25, 0.3) is 17.2 Å². The lowest BCUT2D eigenvalue weighted by molar-refractivity contribution is 0.0696. The molecule has 0 saturated heterocycles. The van der Waals surface area contributed by atoms with E-state index < -0.39 is 5.97 Å². The van der Waals surface area contributed by atoms with Crippen molar-refractivity contribution in [2.75, 3.05) is 5.32 Å². The molecule has 7 heteroatoms. The highest BCUT2D eigenvalue weighted by Gasteiger charge is 2.13. The van der Waals surface area contributed by atoms with Crippen LogP contribution in [-0.2, 0) is 0 Å². The molecule has 1 unspecified atom stereocenters. The van der Waals surface area contributed by atoms with Gasteiger partial charge in [0.05, 0.1) is 11.8 Å². The third-order valence-electron chi connectivity index (χ3n) is 4.30. The first kappa shape index (κ1) is 16.7. The molecule has 134 valence electrons. The first-order valence-corrected chi connectivity index (χ1v) is 8.47. The molecule has 1 atom stereocenters. The number of benzene rings is 1. The van der Waals surface area contributed by atoms with Gasteiger partial charge in [-0.3, -0.25) is 4.40 Å². The van der Waals surface area contributed by atoms with Gasteiger partial charge in [0.15, 0.2) is 5.82 Å². The zero-order valence-corrected chi connectivity index (χ0v) is 14.6. The van der Waals surface area contributed by atoms with Gasteiger partial charge in [-0.25, -0.2) is 19.7 Å². The quantitative estimate of drug-likeness (QED) is 0.565. The van der Waals surface area contributed by atoms with E-state index in [0.29, 0.717) is 23.0 Å². The van der Waals surface area contributed by atoms with Crippen molar-refractivity contribution in [3.05, 3.63) is 78.2 Å². The first-order chi connectivity index (χ1) is 13.1. The molecule has 27 heavy (non-hydrogen) atoms. The van der Waals surface area contributed by atoms with Crippen molar-refractivity contribution in [3.8, 4) is 11.5 Å². The molecule has 0 bridgehead atoms. The normalized spacial score (nSPS) is 12.0. The van der Waals surface area contributed by atoms with Crippen molar-refractivity contribution in [1.82, 2.24) is 19.4 Å². The molecule has 0 fully saturated rings. The first-order valence-electron chi connectivity index (χ1n) is 8.47. The van der Waals surface area contributed by atoms with Gasteiger partial charge >= 0.3 is 5.97 Å². The summed E-state index contributed by atoms with van der Waals surface area (Å²) in [5, 5.41) is 12.6. The van der Waals surface area contributed by atoms with E-state index >= 15 is 0 Å². The van der Waals surface area contributed by atoms with Crippen molar-refractivity contribution in [2.45, 2.75) is 13.0 Å². The highest BCUT2D eigenvalue weighted by Crippen LogP contribution is 2.21. The van der Waals surface area contributed by atoms with E-state index in [0.717, 1.165) is 5.56 Å². The van der Waals surface area contributed by atoms with Crippen LogP contribution in [0.3, 0.4) is 0 Å². The number of carboxylic acid groups (broad SMARTS) is 1. The second-order valence-electron chi connectivity index (χ2n) is 6.14. The second-order valence-corrected chi connectivity index (χ2v) is 6.14. The van der Waals surface area contributed by atoms with Crippen molar-refractivity contribution in [3.63, 3.8) is 0 Å². The summed E-state index contributed by atoms with van der Waals surface area (Å²) >= 11 is 0. The summed E-state index contributed by atoms with van der Waals surface area (Å²) in [7, 11) is 0. The molecule has 7 nitrogen and oxygen atoms in total. The van der Waals surface area contributed by atoms with Gasteiger partial charge in [-0.1, -0.05) is 30.3 Å². The molecule has 3 aromatic heterocycles. The fourth-order valence-electron chi connectivity index (χ4n) is 2.88. The molecule has 3 heterocycles. The van der Waals surface area contributed by atoms with Gasteiger partial charge in [-0.2, -0.15) is 0 Å². The molecular formula is C20H17N5O2. The van der Waals surface area contributed by atoms with Gasteiger partial charge in [0, 0.05) is 18.4 Å². The number of pyridine rings is 1. The SMILES string of the molecule is CC(Nc1ccnc(-c2cnc3ccc(C(=O)O)cn23)n1)c1ccccc1. The number of fused-ring (bicyclic) bond motifs is 1. The van der Waals surface area contributed by atoms with Crippen LogP contribution in [0.5, 0.6) is 0 Å². The number of nitrogens with zero attached hydrogens (tertiary/aromatic N) is 4. The lowest BCUT2D eigenvalue weighted by atomic mass is 10.1. The number of hydrogen-bond acceptors (Lipinski definition) is 5. The minimum absolute atomic E-state index is 0.0785. The van der Waals surface area contributed by atoms with Gasteiger partial charge in [-0.15, -0.1) is 0 Å². The van der Waals surface area contributed by atoms with Crippen LogP contribution in [-0.4, -0.2) is 30.4 Å². The molecule has 0 spiro atoms. The minimum atomic E-state index is -0.996. The summed E-state index contributed by atoms with van der Waals surface area (Å²) in [6.45, 7) is 2.06. The third-order valence-corrected chi connectivity index (χ3v) is 4.30. The number of rotatable bonds is 5. The maximum atomic E-state index is 11.2. The zero-order valence-electron chi connectivity index (χ0n) is 14.6. The summed E-state index contributed by atoms with van der Waals surface area (Å²) in [5.74, 6) is 0.153. The average Bonchev–Trinajstić information content (AvgIpc) is 3.12. The van der Waals surface area contributed by atoms with E-state index in [1.54, 1.807) is 28.9 Å². The summed E-state index contributed by atoms with van der Waals surface area (Å²) in [5.41, 5.74) is 2.59. The van der Waals surface area contributed by atoms with Crippen molar-refractivity contribution < 1.29 is 9.90 Å². The Morgan fingerprint density at radius 3 is 2.70 bits per heavy atom. The number of imidazole rings is 1. The second kappa shape index (κ2) is 6.87. The van der Waals surface area contributed by atoms with E-state index in [4.69, 9.17) is 0 Å². The van der Waals surface area contributed by atoms with Gasteiger partial charge in [-0.05, 0) is 30.7 Å². The van der Waals surface area contributed by atoms with Crippen LogP contribution in [0.1, 0.15) is 28.9 Å². The molecule has 0 saturated carbocycles. The maximum absolute atomic E-state index is 11.2. The number of hydrogen-bond donors (Lipinski definition) is 2. The molecule has 0 radical (unpaired) electrons. The Morgan fingerprint density at radius 1 is 1.11 bits per heavy atom. The van der Waals surface area contributed by atoms with Crippen LogP contribution in [0.15, 0.2) is 67.1 Å². The maximum Gasteiger partial charge on any atom is 0.337 e. The van der Waals surface area contributed by atoms with Crippen LogP contribution in [0.4, 0.5) is 5.82 Å². The van der Waals surface area contributed by atoms with Crippen molar-refractivity contribution in [2.24, 2.45) is 0 Å². The Bertz CT molecular complexity index is 1110. The van der Waals surface area contributed by atoms with Crippen LogP contribution >= 0.6 is 0 Å². The van der Waals surface area contributed by atoms with Crippen LogP contribution in [0.2, 0.25) is 0 Å². The fourth-order valence-corrected chi connectivity index (χ4v) is 2.88. The Kier molecular flexibility index (Phi) is 4.25. The van der Waals surface area contributed by atoms with Gasteiger partial charge in [0.2, 0.25) is 0 Å². The van der Waals surface area contributed by atoms with E-state index in [-0.39, 0.29) is 11.6 Å². The lowest BCUT2D eigenvalue weighted by Gasteiger charge is -2.15. The predicted molar refractivity (Wildman–Crippen MR) is 102 cm³/mol. The molecule has 2 N–H and O–H groups in total. The summed E-state index contributed by atoms with van der Waals surface area (Å²) in [6.07, 6.45) is 4.83. The molecule has 4 rings (SSSR count). The third kappa shape index (κ3) is 3.35. The number of nitrogens with one attached hydrogen (secondary N) is 1.